The molecule has 0 saturated carbocycles. The number of carbonyl (C=O) groups excluding carboxylic acids is 1. The molecule has 0 aliphatic rings. The highest BCUT2D eigenvalue weighted by atomic mass is 16.1. The van der Waals surface area contributed by atoms with Gasteiger partial charge >= 0.3 is 0 Å². The SMILES string of the molecule is CCCNC(=O)CCNCCC(C)(C)C#N. The van der Waals surface area contributed by atoms with Crippen molar-refractivity contribution < 1.29 is 4.79 Å². The highest BCUT2D eigenvalue weighted by molar-refractivity contribution is 5.75. The normalized spacial score (nSPS) is 10.9. The maximum atomic E-state index is 11.2. The van der Waals surface area contributed by atoms with E-state index in [-0.39, 0.29) is 11.3 Å². The van der Waals surface area contributed by atoms with Crippen LogP contribution in [0.4, 0.5) is 0 Å². The summed E-state index contributed by atoms with van der Waals surface area (Å²) in [6.45, 7) is 8.08. The van der Waals surface area contributed by atoms with Crippen molar-refractivity contribution in [2.45, 2.75) is 40.0 Å². The number of nitrogens with zero attached hydrogens (tertiary/aromatic N) is 1. The molecule has 0 unspecified atom stereocenters. The fourth-order valence-electron chi connectivity index (χ4n) is 1.14. The second-order valence-electron chi connectivity index (χ2n) is 4.60. The third-order valence-corrected chi connectivity index (χ3v) is 2.33. The predicted octanol–water partition coefficient (Wildman–Crippen LogP) is 1.43. The van der Waals surface area contributed by atoms with Gasteiger partial charge in [-0.15, -0.1) is 0 Å². The molecule has 0 fully saturated rings. The Balaban J connectivity index is 3.41. The van der Waals surface area contributed by atoms with E-state index in [4.69, 9.17) is 5.26 Å². The van der Waals surface area contributed by atoms with Gasteiger partial charge in [-0.05, 0) is 33.2 Å². The van der Waals surface area contributed by atoms with E-state index in [9.17, 15) is 4.79 Å². The van der Waals surface area contributed by atoms with E-state index in [0.717, 1.165) is 25.9 Å². The zero-order valence-electron chi connectivity index (χ0n) is 10.6. The van der Waals surface area contributed by atoms with Gasteiger partial charge in [0.2, 0.25) is 5.91 Å². The van der Waals surface area contributed by atoms with Gasteiger partial charge < -0.3 is 10.6 Å². The zero-order valence-corrected chi connectivity index (χ0v) is 10.6. The molecule has 16 heavy (non-hydrogen) atoms. The maximum absolute atomic E-state index is 11.2. The summed E-state index contributed by atoms with van der Waals surface area (Å²) in [7, 11) is 0. The van der Waals surface area contributed by atoms with Gasteiger partial charge in [-0.25, -0.2) is 0 Å². The van der Waals surface area contributed by atoms with E-state index in [2.05, 4.69) is 16.7 Å². The monoisotopic (exact) mass is 225 g/mol. The number of hydrogen-bond donors (Lipinski definition) is 2. The molecule has 2 N–H and O–H groups in total. The van der Waals surface area contributed by atoms with Crippen LogP contribution >= 0.6 is 0 Å². The van der Waals surface area contributed by atoms with E-state index in [0.29, 0.717) is 13.0 Å². The Labute approximate surface area is 98.4 Å². The molecular weight excluding hydrogens is 202 g/mol. The molecule has 4 nitrogen and oxygen atoms in total. The summed E-state index contributed by atoms with van der Waals surface area (Å²) in [5.41, 5.74) is -0.280. The average Bonchev–Trinajstić information content (AvgIpc) is 2.25. The summed E-state index contributed by atoms with van der Waals surface area (Å²) in [4.78, 5) is 11.2. The van der Waals surface area contributed by atoms with Crippen molar-refractivity contribution in [2.24, 2.45) is 5.41 Å². The van der Waals surface area contributed by atoms with Crippen LogP contribution in [0.2, 0.25) is 0 Å². The second kappa shape index (κ2) is 8.12. The van der Waals surface area contributed by atoms with Gasteiger partial charge in [-0.1, -0.05) is 6.92 Å². The number of hydrogen-bond acceptors (Lipinski definition) is 3. The topological polar surface area (TPSA) is 64.9 Å². The Morgan fingerprint density at radius 2 is 2.00 bits per heavy atom. The van der Waals surface area contributed by atoms with Gasteiger partial charge in [0.15, 0.2) is 0 Å². The van der Waals surface area contributed by atoms with E-state index >= 15 is 0 Å². The molecule has 0 saturated heterocycles. The minimum atomic E-state index is -0.280. The summed E-state index contributed by atoms with van der Waals surface area (Å²) in [5.74, 6) is 0.0916. The first-order chi connectivity index (χ1) is 7.52. The summed E-state index contributed by atoms with van der Waals surface area (Å²) < 4.78 is 0. The fourth-order valence-corrected chi connectivity index (χ4v) is 1.14. The smallest absolute Gasteiger partial charge is 0.221 e. The van der Waals surface area contributed by atoms with Gasteiger partial charge in [-0.2, -0.15) is 5.26 Å². The van der Waals surface area contributed by atoms with Gasteiger partial charge in [-0.3, -0.25) is 4.79 Å². The molecule has 0 aliphatic heterocycles. The van der Waals surface area contributed by atoms with Crippen molar-refractivity contribution in [1.82, 2.24) is 10.6 Å². The first kappa shape index (κ1) is 14.9. The van der Waals surface area contributed by atoms with Crippen molar-refractivity contribution in [3.05, 3.63) is 0 Å². The number of rotatable bonds is 8. The van der Waals surface area contributed by atoms with Crippen LogP contribution < -0.4 is 10.6 Å². The van der Waals surface area contributed by atoms with Crippen molar-refractivity contribution in [3.8, 4) is 6.07 Å². The van der Waals surface area contributed by atoms with Crippen molar-refractivity contribution >= 4 is 5.91 Å². The molecule has 0 spiro atoms. The molecule has 0 radical (unpaired) electrons. The lowest BCUT2D eigenvalue weighted by Gasteiger charge is -2.14. The Bertz CT molecular complexity index is 243. The average molecular weight is 225 g/mol. The zero-order chi connectivity index (χ0) is 12.4. The molecule has 0 rings (SSSR count). The molecule has 0 atom stereocenters. The molecule has 1 amide bonds. The van der Waals surface area contributed by atoms with Crippen molar-refractivity contribution in [2.75, 3.05) is 19.6 Å². The first-order valence-corrected chi connectivity index (χ1v) is 5.90. The van der Waals surface area contributed by atoms with Crippen LogP contribution in [-0.2, 0) is 4.79 Å². The van der Waals surface area contributed by atoms with Crippen LogP contribution in [0.3, 0.4) is 0 Å². The molecule has 92 valence electrons. The molecule has 0 aromatic rings. The second-order valence-corrected chi connectivity index (χ2v) is 4.60. The number of carbonyl (C=O) groups is 1. The molecule has 0 aliphatic carbocycles. The quantitative estimate of drug-likeness (QED) is 0.614. The summed E-state index contributed by atoms with van der Waals surface area (Å²) in [5, 5.41) is 14.8. The highest BCUT2D eigenvalue weighted by Crippen LogP contribution is 2.16. The van der Waals surface area contributed by atoms with Gasteiger partial charge in [0, 0.05) is 19.5 Å². The molecule has 4 heteroatoms. The van der Waals surface area contributed by atoms with E-state index < -0.39 is 0 Å². The maximum Gasteiger partial charge on any atom is 0.221 e. The highest BCUT2D eigenvalue weighted by Gasteiger charge is 2.15. The number of amides is 1. The Hall–Kier alpha value is -1.08. The van der Waals surface area contributed by atoms with Gasteiger partial charge in [0.25, 0.3) is 0 Å². The minimum absolute atomic E-state index is 0.0916. The van der Waals surface area contributed by atoms with Crippen molar-refractivity contribution in [3.63, 3.8) is 0 Å². The predicted molar refractivity (Wildman–Crippen MR) is 64.8 cm³/mol. The summed E-state index contributed by atoms with van der Waals surface area (Å²) in [6.07, 6.45) is 2.28. The van der Waals surface area contributed by atoms with Crippen molar-refractivity contribution in [1.29, 1.82) is 5.26 Å². The van der Waals surface area contributed by atoms with Crippen LogP contribution in [0.15, 0.2) is 0 Å². The Kier molecular flexibility index (Phi) is 7.57. The van der Waals surface area contributed by atoms with Gasteiger partial charge in [0.1, 0.15) is 0 Å². The van der Waals surface area contributed by atoms with Crippen LogP contribution in [0.25, 0.3) is 0 Å². The molecular formula is C12H23N3O. The van der Waals surface area contributed by atoms with E-state index in [1.807, 2.05) is 20.8 Å². The Morgan fingerprint density at radius 3 is 2.56 bits per heavy atom. The first-order valence-electron chi connectivity index (χ1n) is 5.90. The molecule has 0 aromatic carbocycles. The molecule has 0 heterocycles. The summed E-state index contributed by atoms with van der Waals surface area (Å²) >= 11 is 0. The van der Waals surface area contributed by atoms with Crippen LogP contribution in [0.1, 0.15) is 40.0 Å². The molecule has 0 bridgehead atoms. The third kappa shape index (κ3) is 8.25. The van der Waals surface area contributed by atoms with Gasteiger partial charge in [0.05, 0.1) is 11.5 Å². The number of nitrogens with one attached hydrogen (secondary N) is 2. The minimum Gasteiger partial charge on any atom is -0.356 e. The lowest BCUT2D eigenvalue weighted by molar-refractivity contribution is -0.120. The standard InChI is InChI=1S/C12H23N3O/c1-4-7-15-11(16)5-8-14-9-6-12(2,3)10-13/h14H,4-9H2,1-3H3,(H,15,16). The number of nitriles is 1. The fraction of sp³-hybridized carbons (Fsp3) is 0.833. The van der Waals surface area contributed by atoms with E-state index in [1.165, 1.54) is 0 Å². The van der Waals surface area contributed by atoms with Crippen LogP contribution in [-0.4, -0.2) is 25.5 Å². The summed E-state index contributed by atoms with van der Waals surface area (Å²) in [6, 6.07) is 2.25. The van der Waals surface area contributed by atoms with E-state index in [1.54, 1.807) is 0 Å². The largest absolute Gasteiger partial charge is 0.356 e. The molecule has 0 aromatic heterocycles. The van der Waals surface area contributed by atoms with Crippen LogP contribution in [0, 0.1) is 16.7 Å². The lowest BCUT2D eigenvalue weighted by atomic mass is 9.91. The lowest BCUT2D eigenvalue weighted by Crippen LogP contribution is -2.29. The Morgan fingerprint density at radius 1 is 1.31 bits per heavy atom. The van der Waals surface area contributed by atoms with Crippen LogP contribution in [0.5, 0.6) is 0 Å². The third-order valence-electron chi connectivity index (χ3n) is 2.33.